The van der Waals surface area contributed by atoms with Crippen molar-refractivity contribution in [3.05, 3.63) is 46.6 Å². The molecule has 2 rings (SSSR count). The van der Waals surface area contributed by atoms with Crippen LogP contribution >= 0.6 is 0 Å². The Morgan fingerprint density at radius 3 is 2.79 bits per heavy atom. The molecule has 1 aromatic rings. The summed E-state index contributed by atoms with van der Waals surface area (Å²) in [4.78, 5) is 0. The molecule has 0 radical (unpaired) electrons. The second-order valence-corrected chi connectivity index (χ2v) is 2.92. The van der Waals surface area contributed by atoms with Gasteiger partial charge in [-0.25, -0.2) is 0 Å². The fourth-order valence-corrected chi connectivity index (χ4v) is 1.39. The Bertz CT molecular complexity index is 426. The molecule has 14 heavy (non-hydrogen) atoms. The summed E-state index contributed by atoms with van der Waals surface area (Å²) in [6.45, 7) is 0. The average molecular weight is 191 g/mol. The first-order valence-electron chi connectivity index (χ1n) is 4.11. The Hall–Kier alpha value is -1.85. The van der Waals surface area contributed by atoms with Gasteiger partial charge in [0.1, 0.15) is 0 Å². The molecule has 0 aliphatic carbocycles. The van der Waals surface area contributed by atoms with E-state index in [1.165, 1.54) is 6.21 Å². The summed E-state index contributed by atoms with van der Waals surface area (Å²) in [6, 6.07) is 6.63. The van der Waals surface area contributed by atoms with E-state index >= 15 is 0 Å². The van der Waals surface area contributed by atoms with E-state index < -0.39 is 0 Å². The van der Waals surface area contributed by atoms with Gasteiger partial charge in [0.15, 0.2) is 0 Å². The van der Waals surface area contributed by atoms with Crippen LogP contribution in [0.2, 0.25) is 0 Å². The molecule has 1 aliphatic heterocycles. The molecule has 0 amide bonds. The smallest absolute Gasteiger partial charge is 0.278 e. The average Bonchev–Trinajstić information content (AvgIpc) is 2.23. The van der Waals surface area contributed by atoms with Crippen LogP contribution in [0.4, 0.5) is 11.4 Å². The monoisotopic (exact) mass is 191 g/mol. The Kier molecular flexibility index (Phi) is 1.95. The van der Waals surface area contributed by atoms with Gasteiger partial charge in [-0.2, -0.15) is 4.74 Å². The fourth-order valence-electron chi connectivity index (χ4n) is 1.39. The van der Waals surface area contributed by atoms with Crippen LogP contribution in [0, 0.1) is 10.4 Å². The first-order valence-corrected chi connectivity index (χ1v) is 4.11. The molecule has 0 saturated carbocycles. The van der Waals surface area contributed by atoms with Crippen molar-refractivity contribution in [1.29, 1.82) is 0 Å². The largest absolute Gasteiger partial charge is 0.623 e. The zero-order chi connectivity index (χ0) is 10.1. The number of nitrogens with two attached hydrogens (primary N) is 1. The maximum absolute atomic E-state index is 11.6. The van der Waals surface area contributed by atoms with Gasteiger partial charge in [0.05, 0.1) is 6.20 Å². The summed E-state index contributed by atoms with van der Waals surface area (Å²) in [5, 5.41) is 22.8. The van der Waals surface area contributed by atoms with Crippen molar-refractivity contribution in [2.45, 2.75) is 0 Å². The highest BCUT2D eigenvalue weighted by atomic mass is 16.5. The number of quaternary nitrogens is 1. The third kappa shape index (κ3) is 1.15. The minimum absolute atomic E-state index is 0.213. The highest BCUT2D eigenvalue weighted by Crippen LogP contribution is 2.22. The van der Waals surface area contributed by atoms with Crippen LogP contribution in [-0.4, -0.2) is 11.0 Å². The molecule has 0 spiro atoms. The fraction of sp³-hybridized carbons (Fsp3) is 0. The molecule has 0 bridgehead atoms. The predicted octanol–water partition coefficient (Wildman–Crippen LogP) is -0.273. The molecule has 3 N–H and O–H groups in total. The third-order valence-corrected chi connectivity index (χ3v) is 2.08. The topological polar surface area (TPSA) is 79.6 Å². The molecule has 1 heterocycles. The molecule has 1 unspecified atom stereocenters. The van der Waals surface area contributed by atoms with Crippen molar-refractivity contribution in [2.24, 2.45) is 5.73 Å². The van der Waals surface area contributed by atoms with E-state index in [0.29, 0.717) is 16.1 Å². The summed E-state index contributed by atoms with van der Waals surface area (Å²) in [6.07, 6.45) is 2.33. The highest BCUT2D eigenvalue weighted by Gasteiger charge is 2.25. The molecule has 5 nitrogen and oxygen atoms in total. The van der Waals surface area contributed by atoms with Gasteiger partial charge in [0.2, 0.25) is 17.6 Å². The lowest BCUT2D eigenvalue weighted by atomic mass is 10.2. The maximum Gasteiger partial charge on any atom is 0.278 e. The summed E-state index contributed by atoms with van der Waals surface area (Å²) < 4.78 is 0.648. The molecule has 1 aliphatic rings. The van der Waals surface area contributed by atoms with Gasteiger partial charge in [-0.1, -0.05) is 12.1 Å². The molecule has 0 fully saturated rings. The highest BCUT2D eigenvalue weighted by molar-refractivity contribution is 5.76. The van der Waals surface area contributed by atoms with Crippen LogP contribution in [0.5, 0.6) is 0 Å². The van der Waals surface area contributed by atoms with Crippen LogP contribution in [0.25, 0.3) is 0 Å². The van der Waals surface area contributed by atoms with Gasteiger partial charge in [0.25, 0.3) is 5.69 Å². The quantitative estimate of drug-likeness (QED) is 0.437. The van der Waals surface area contributed by atoms with E-state index in [4.69, 9.17) is 5.73 Å². The summed E-state index contributed by atoms with van der Waals surface area (Å²) >= 11 is 0. The molecule has 5 heteroatoms. The number of para-hydroxylation sites is 2. The van der Waals surface area contributed by atoms with E-state index in [1.807, 2.05) is 0 Å². The molecule has 0 aromatic heterocycles. The predicted molar refractivity (Wildman–Crippen MR) is 52.1 cm³/mol. The number of nitrogens with one attached hydrogen (secondary N) is 1. The Morgan fingerprint density at radius 1 is 1.36 bits per heavy atom. The SMILES string of the molecule is NC=C1C=[N+]([O-])c2ccccc2[NH+]1[O-]. The standard InChI is InChI=1S/C9H9N3O2/c10-5-7-6-11(13)8-3-1-2-4-9(8)12(7)14/h1-6,12H,10H2. The van der Waals surface area contributed by atoms with E-state index in [9.17, 15) is 10.4 Å². The summed E-state index contributed by atoms with van der Waals surface area (Å²) in [7, 11) is 0. The molecular weight excluding hydrogens is 182 g/mol. The van der Waals surface area contributed by atoms with E-state index in [-0.39, 0.29) is 10.8 Å². The maximum atomic E-state index is 11.6. The number of hydrogen-bond acceptors (Lipinski definition) is 3. The lowest BCUT2D eigenvalue weighted by Crippen LogP contribution is -3.01. The van der Waals surface area contributed by atoms with Crippen LogP contribution in [0.3, 0.4) is 0 Å². The number of hydroxylamine groups is 1. The second kappa shape index (κ2) is 3.13. The third-order valence-electron chi connectivity index (χ3n) is 2.08. The summed E-state index contributed by atoms with van der Waals surface area (Å²) in [5.41, 5.74) is 6.21. The lowest BCUT2D eigenvalue weighted by Gasteiger charge is -2.24. The van der Waals surface area contributed by atoms with Gasteiger partial charge in [-0.15, -0.1) is 0 Å². The minimum Gasteiger partial charge on any atom is -0.623 e. The van der Waals surface area contributed by atoms with E-state index in [2.05, 4.69) is 0 Å². The van der Waals surface area contributed by atoms with Crippen molar-refractivity contribution in [3.63, 3.8) is 0 Å². The second-order valence-electron chi connectivity index (χ2n) is 2.92. The van der Waals surface area contributed by atoms with Crippen LogP contribution in [-0.2, 0) is 0 Å². The molecule has 0 saturated heterocycles. The minimum atomic E-state index is -0.213. The Labute approximate surface area is 80.5 Å². The number of allylic oxidation sites excluding steroid dienone is 1. The van der Waals surface area contributed by atoms with Gasteiger partial charge in [-0.05, 0) is 0 Å². The summed E-state index contributed by atoms with van der Waals surface area (Å²) in [5.74, 6) is 0. The Morgan fingerprint density at radius 2 is 2.07 bits per heavy atom. The Balaban J connectivity index is 2.62. The number of fused-ring (bicyclic) bond motifs is 1. The van der Waals surface area contributed by atoms with Crippen molar-refractivity contribution < 1.29 is 9.80 Å². The van der Waals surface area contributed by atoms with Crippen molar-refractivity contribution in [1.82, 2.24) is 0 Å². The molecule has 72 valence electrons. The first-order chi connectivity index (χ1) is 6.74. The zero-order valence-electron chi connectivity index (χ0n) is 7.31. The number of benzene rings is 1. The molecule has 1 atom stereocenters. The van der Waals surface area contributed by atoms with Gasteiger partial charge < -0.3 is 16.1 Å². The van der Waals surface area contributed by atoms with Gasteiger partial charge in [0, 0.05) is 12.1 Å². The van der Waals surface area contributed by atoms with Crippen molar-refractivity contribution in [2.75, 3.05) is 0 Å². The van der Waals surface area contributed by atoms with Gasteiger partial charge >= 0.3 is 0 Å². The number of rotatable bonds is 0. The van der Waals surface area contributed by atoms with E-state index in [1.54, 1.807) is 24.3 Å². The van der Waals surface area contributed by atoms with Crippen LogP contribution < -0.4 is 10.8 Å². The number of hydrogen-bond donors (Lipinski definition) is 2. The van der Waals surface area contributed by atoms with Crippen molar-refractivity contribution >= 4 is 17.6 Å². The zero-order valence-corrected chi connectivity index (χ0v) is 7.31. The first kappa shape index (κ1) is 8.74. The van der Waals surface area contributed by atoms with Gasteiger partial charge in [-0.3, -0.25) is 5.06 Å². The normalized spacial score (nSPS) is 23.1. The van der Waals surface area contributed by atoms with E-state index in [0.717, 1.165) is 6.20 Å². The lowest BCUT2D eigenvalue weighted by molar-refractivity contribution is -0.732. The molecule has 1 aromatic carbocycles. The molecular formula is C9H9N3O2. The van der Waals surface area contributed by atoms with Crippen LogP contribution in [0.1, 0.15) is 0 Å². The van der Waals surface area contributed by atoms with Crippen LogP contribution in [0.15, 0.2) is 36.2 Å². The number of nitrogens with zero attached hydrogens (tertiary/aromatic N) is 1. The van der Waals surface area contributed by atoms with Crippen molar-refractivity contribution in [3.8, 4) is 0 Å².